The fourth-order valence-electron chi connectivity index (χ4n) is 3.55. The predicted molar refractivity (Wildman–Crippen MR) is 116 cm³/mol. The highest BCUT2D eigenvalue weighted by molar-refractivity contribution is 7.17. The summed E-state index contributed by atoms with van der Waals surface area (Å²) in [5.74, 6) is 0.0792. The van der Waals surface area contributed by atoms with Gasteiger partial charge in [0.2, 0.25) is 0 Å². The number of ketones is 1. The van der Waals surface area contributed by atoms with E-state index in [1.165, 1.54) is 16.9 Å². The molecule has 1 saturated heterocycles. The quantitative estimate of drug-likeness (QED) is 0.593. The van der Waals surface area contributed by atoms with E-state index in [9.17, 15) is 9.59 Å². The van der Waals surface area contributed by atoms with Crippen molar-refractivity contribution in [2.75, 3.05) is 11.4 Å². The van der Waals surface area contributed by atoms with Crippen molar-refractivity contribution in [1.82, 2.24) is 10.3 Å². The van der Waals surface area contributed by atoms with Crippen LogP contribution in [0, 0.1) is 6.92 Å². The summed E-state index contributed by atoms with van der Waals surface area (Å²) in [6.07, 6.45) is 1.92. The molecule has 1 N–H and O–H groups in total. The van der Waals surface area contributed by atoms with Crippen LogP contribution in [0.1, 0.15) is 32.9 Å². The van der Waals surface area contributed by atoms with Gasteiger partial charge in [-0.05, 0) is 30.9 Å². The van der Waals surface area contributed by atoms with E-state index in [0.29, 0.717) is 35.1 Å². The van der Waals surface area contributed by atoms with E-state index in [-0.39, 0.29) is 17.9 Å². The lowest BCUT2D eigenvalue weighted by Crippen LogP contribution is -2.29. The van der Waals surface area contributed by atoms with E-state index in [4.69, 9.17) is 0 Å². The molecule has 3 aromatic rings. The number of nitrogens with zero attached hydrogens (tertiary/aromatic N) is 2. The van der Waals surface area contributed by atoms with Crippen molar-refractivity contribution in [2.24, 2.45) is 0 Å². The number of aromatic nitrogens is 1. The van der Waals surface area contributed by atoms with Crippen LogP contribution in [0.25, 0.3) is 0 Å². The number of carbonyl (C=O) groups is 2. The van der Waals surface area contributed by atoms with E-state index >= 15 is 0 Å². The standard InChI is InChI=1S/C23H23N3O2S/c1-16-21(20(27)13-12-17-8-4-2-5-9-17)29-23(24-16)26-15-19(25-22(26)28)14-18-10-6-3-7-11-18/h2-11,19H,12-15H2,1H3,(H,25,28). The summed E-state index contributed by atoms with van der Waals surface area (Å²) < 4.78 is 0. The third-order valence-electron chi connectivity index (χ3n) is 5.05. The minimum Gasteiger partial charge on any atom is -0.333 e. The molecule has 1 aliphatic rings. The molecular formula is C23H23N3O2S. The lowest BCUT2D eigenvalue weighted by molar-refractivity contribution is 0.0986. The molecule has 6 heteroatoms. The van der Waals surface area contributed by atoms with Crippen LogP contribution in [-0.2, 0) is 12.8 Å². The number of hydrogen-bond acceptors (Lipinski definition) is 4. The molecule has 29 heavy (non-hydrogen) atoms. The monoisotopic (exact) mass is 405 g/mol. The first kappa shape index (κ1) is 19.3. The summed E-state index contributed by atoms with van der Waals surface area (Å²) in [7, 11) is 0. The Bertz CT molecular complexity index is 1000. The zero-order valence-electron chi connectivity index (χ0n) is 16.3. The topological polar surface area (TPSA) is 62.3 Å². The highest BCUT2D eigenvalue weighted by atomic mass is 32.1. The number of anilines is 1. The van der Waals surface area contributed by atoms with E-state index < -0.39 is 0 Å². The Balaban J connectivity index is 1.41. The van der Waals surface area contributed by atoms with Crippen molar-refractivity contribution in [3.8, 4) is 0 Å². The Morgan fingerprint density at radius 3 is 2.45 bits per heavy atom. The first-order valence-electron chi connectivity index (χ1n) is 9.76. The summed E-state index contributed by atoms with van der Waals surface area (Å²) in [6.45, 7) is 2.39. The number of thiazole rings is 1. The van der Waals surface area contributed by atoms with Gasteiger partial charge >= 0.3 is 6.03 Å². The summed E-state index contributed by atoms with van der Waals surface area (Å²) in [5, 5.41) is 3.62. The summed E-state index contributed by atoms with van der Waals surface area (Å²) >= 11 is 1.32. The molecule has 2 heterocycles. The molecule has 1 aliphatic heterocycles. The average molecular weight is 406 g/mol. The van der Waals surface area contributed by atoms with Gasteiger partial charge in [-0.25, -0.2) is 9.78 Å². The molecule has 1 aromatic heterocycles. The van der Waals surface area contributed by atoms with Gasteiger partial charge in [-0.15, -0.1) is 0 Å². The Morgan fingerprint density at radius 2 is 1.76 bits per heavy atom. The number of nitrogens with one attached hydrogen (secondary N) is 1. The number of urea groups is 1. The normalized spacial score (nSPS) is 16.1. The molecular weight excluding hydrogens is 382 g/mol. The van der Waals surface area contributed by atoms with Crippen LogP contribution in [0.4, 0.5) is 9.93 Å². The van der Waals surface area contributed by atoms with Gasteiger partial charge in [0.25, 0.3) is 0 Å². The average Bonchev–Trinajstić information content (AvgIpc) is 3.30. The molecule has 1 fully saturated rings. The van der Waals surface area contributed by atoms with Crippen LogP contribution in [0.3, 0.4) is 0 Å². The van der Waals surface area contributed by atoms with Crippen molar-refractivity contribution in [2.45, 2.75) is 32.2 Å². The molecule has 1 unspecified atom stereocenters. The van der Waals surface area contributed by atoms with Gasteiger partial charge in [-0.1, -0.05) is 72.0 Å². The molecule has 0 bridgehead atoms. The maximum atomic E-state index is 12.7. The van der Waals surface area contributed by atoms with Gasteiger partial charge in [0.15, 0.2) is 10.9 Å². The Labute approximate surface area is 174 Å². The molecule has 0 saturated carbocycles. The Morgan fingerprint density at radius 1 is 1.10 bits per heavy atom. The first-order valence-corrected chi connectivity index (χ1v) is 10.6. The number of carbonyl (C=O) groups excluding carboxylic acids is 2. The minimum absolute atomic E-state index is 0.0336. The maximum Gasteiger partial charge on any atom is 0.324 e. The minimum atomic E-state index is -0.150. The molecule has 2 amide bonds. The van der Waals surface area contributed by atoms with Gasteiger partial charge in [-0.2, -0.15) is 0 Å². The molecule has 4 rings (SSSR count). The zero-order chi connectivity index (χ0) is 20.2. The molecule has 2 aromatic carbocycles. The first-order chi connectivity index (χ1) is 14.1. The fourth-order valence-corrected chi connectivity index (χ4v) is 4.60. The molecule has 148 valence electrons. The van der Waals surface area contributed by atoms with Crippen LogP contribution in [0.15, 0.2) is 60.7 Å². The summed E-state index contributed by atoms with van der Waals surface area (Å²) in [5.41, 5.74) is 3.03. The number of hydrogen-bond donors (Lipinski definition) is 1. The highest BCUT2D eigenvalue weighted by Gasteiger charge is 2.32. The summed E-state index contributed by atoms with van der Waals surface area (Å²) in [4.78, 5) is 32.0. The van der Waals surface area contributed by atoms with Gasteiger partial charge in [0, 0.05) is 6.42 Å². The van der Waals surface area contributed by atoms with Gasteiger partial charge in [0.05, 0.1) is 23.2 Å². The second kappa shape index (κ2) is 8.57. The van der Waals surface area contributed by atoms with Crippen LogP contribution in [0.5, 0.6) is 0 Å². The van der Waals surface area contributed by atoms with Crippen LogP contribution in [-0.4, -0.2) is 29.4 Å². The van der Waals surface area contributed by atoms with E-state index in [2.05, 4.69) is 22.4 Å². The largest absolute Gasteiger partial charge is 0.333 e. The number of rotatable bonds is 7. The van der Waals surface area contributed by atoms with E-state index in [0.717, 1.165) is 12.0 Å². The third-order valence-corrected chi connectivity index (χ3v) is 6.28. The number of aryl methyl sites for hydroxylation is 2. The molecule has 0 spiro atoms. The lowest BCUT2D eigenvalue weighted by atomic mass is 10.1. The van der Waals surface area contributed by atoms with Crippen LogP contribution < -0.4 is 10.2 Å². The summed E-state index contributed by atoms with van der Waals surface area (Å²) in [6, 6.07) is 20.0. The van der Waals surface area contributed by atoms with Crippen LogP contribution in [0.2, 0.25) is 0 Å². The number of Topliss-reactive ketones (excluding diaryl/α,β-unsaturated/α-hetero) is 1. The van der Waals surface area contributed by atoms with E-state index in [1.54, 1.807) is 4.90 Å². The SMILES string of the molecule is Cc1nc(N2CC(Cc3ccccc3)NC2=O)sc1C(=O)CCc1ccccc1. The fraction of sp³-hybridized carbons (Fsp3) is 0.261. The predicted octanol–water partition coefficient (Wildman–Crippen LogP) is 4.41. The highest BCUT2D eigenvalue weighted by Crippen LogP contribution is 2.29. The second-order valence-electron chi connectivity index (χ2n) is 7.27. The smallest absolute Gasteiger partial charge is 0.324 e. The number of amides is 2. The van der Waals surface area contributed by atoms with E-state index in [1.807, 2.05) is 55.5 Å². The second-order valence-corrected chi connectivity index (χ2v) is 8.24. The van der Waals surface area contributed by atoms with Crippen molar-refractivity contribution >= 4 is 28.3 Å². The van der Waals surface area contributed by atoms with Crippen molar-refractivity contribution in [3.63, 3.8) is 0 Å². The zero-order valence-corrected chi connectivity index (χ0v) is 17.1. The Kier molecular flexibility index (Phi) is 5.71. The molecule has 0 aliphatic carbocycles. The van der Waals surface area contributed by atoms with Crippen molar-refractivity contribution in [1.29, 1.82) is 0 Å². The van der Waals surface area contributed by atoms with Crippen LogP contribution >= 0.6 is 11.3 Å². The van der Waals surface area contributed by atoms with Gasteiger partial charge in [-0.3, -0.25) is 9.69 Å². The number of benzene rings is 2. The maximum absolute atomic E-state index is 12.7. The molecule has 0 radical (unpaired) electrons. The van der Waals surface area contributed by atoms with Crippen molar-refractivity contribution < 1.29 is 9.59 Å². The van der Waals surface area contributed by atoms with Gasteiger partial charge < -0.3 is 5.32 Å². The van der Waals surface area contributed by atoms with Crippen molar-refractivity contribution in [3.05, 3.63) is 82.4 Å². The Hall–Kier alpha value is -2.99. The molecule has 1 atom stereocenters. The van der Waals surface area contributed by atoms with Gasteiger partial charge in [0.1, 0.15) is 0 Å². The third kappa shape index (κ3) is 4.54. The molecule has 5 nitrogen and oxygen atoms in total. The lowest BCUT2D eigenvalue weighted by Gasteiger charge is -2.11.